The molecule has 0 spiro atoms. The number of aliphatic hydroxyl groups is 1. The van der Waals surface area contributed by atoms with Crippen molar-refractivity contribution in [2.75, 3.05) is 26.1 Å². The Balaban J connectivity index is 1.19. The number of amides is 2. The number of fused-ring (bicyclic) bond motifs is 1. The topological polar surface area (TPSA) is 210 Å². The van der Waals surface area contributed by atoms with Crippen LogP contribution in [0.4, 0.5) is 19.4 Å². The third-order valence-electron chi connectivity index (χ3n) is 6.79. The number of hydrogen-bond acceptors (Lipinski definition) is 12. The van der Waals surface area contributed by atoms with Crippen LogP contribution in [0.3, 0.4) is 0 Å². The van der Waals surface area contributed by atoms with E-state index in [1.807, 2.05) is 0 Å². The van der Waals surface area contributed by atoms with Crippen LogP contribution < -0.4 is 25.6 Å². The number of ether oxygens (including phenoxy) is 4. The molecule has 4 N–H and O–H groups in total. The summed E-state index contributed by atoms with van der Waals surface area (Å²) in [5.41, 5.74) is -0.883. The monoisotopic (exact) mass is 680 g/mol. The van der Waals surface area contributed by atoms with Gasteiger partial charge in [-0.1, -0.05) is 18.2 Å². The highest BCUT2D eigenvalue weighted by atomic mass is 31.2. The molecule has 0 aliphatic carbocycles. The number of aliphatic hydroxyl groups excluding tert-OH is 1. The predicted octanol–water partition coefficient (Wildman–Crippen LogP) is 3.20. The third-order valence-corrected chi connectivity index (χ3v) is 7.78. The first-order chi connectivity index (χ1) is 22.3. The summed E-state index contributed by atoms with van der Waals surface area (Å²) in [6, 6.07) is 13.2. The zero-order valence-corrected chi connectivity index (χ0v) is 25.4. The normalized spacial score (nSPS) is 19.9. The highest BCUT2D eigenvalue weighted by Gasteiger charge is 2.60. The van der Waals surface area contributed by atoms with E-state index in [-0.39, 0.29) is 23.7 Å². The summed E-state index contributed by atoms with van der Waals surface area (Å²) >= 11 is 0. The van der Waals surface area contributed by atoms with Crippen LogP contribution in [0, 0.1) is 0 Å². The van der Waals surface area contributed by atoms with Gasteiger partial charge in [-0.25, -0.2) is 14.2 Å². The van der Waals surface area contributed by atoms with Crippen LogP contribution in [0.15, 0.2) is 70.0 Å². The van der Waals surface area contributed by atoms with Gasteiger partial charge in [0.1, 0.15) is 23.4 Å². The van der Waals surface area contributed by atoms with Gasteiger partial charge < -0.3 is 33.4 Å². The van der Waals surface area contributed by atoms with Crippen LogP contribution in [0.25, 0.3) is 11.0 Å². The molecule has 3 heterocycles. The number of alkyl halides is 2. The molecule has 250 valence electrons. The largest absolute Gasteiger partial charge is 0.497 e. The minimum Gasteiger partial charge on any atom is -0.497 e. The zero-order chi connectivity index (χ0) is 33.9. The number of hydrogen-bond donors (Lipinski definition) is 4. The molecule has 5 rings (SSSR count). The molecule has 0 saturated carbocycles. The Morgan fingerprint density at radius 1 is 1.13 bits per heavy atom. The summed E-state index contributed by atoms with van der Waals surface area (Å²) in [5.74, 6) is -4.27. The Morgan fingerprint density at radius 2 is 1.87 bits per heavy atom. The Morgan fingerprint density at radius 3 is 2.55 bits per heavy atom. The van der Waals surface area contributed by atoms with Gasteiger partial charge in [-0.2, -0.15) is 13.8 Å². The number of halogens is 2. The van der Waals surface area contributed by atoms with Crippen LogP contribution in [-0.2, 0) is 25.2 Å². The van der Waals surface area contributed by atoms with Crippen molar-refractivity contribution in [2.24, 2.45) is 0 Å². The second-order valence-corrected chi connectivity index (χ2v) is 11.5. The lowest BCUT2D eigenvalue weighted by Gasteiger charge is -2.21. The number of nitrogens with one attached hydrogen (secondary N) is 2. The lowest BCUT2D eigenvalue weighted by Crippen LogP contribution is -2.42. The van der Waals surface area contributed by atoms with Gasteiger partial charge in [0.25, 0.3) is 5.91 Å². The van der Waals surface area contributed by atoms with Crippen molar-refractivity contribution in [3.63, 3.8) is 0 Å². The number of carbonyl (C=O) groups excluding carboxylic acids is 2. The van der Waals surface area contributed by atoms with E-state index in [1.165, 1.54) is 38.5 Å². The zero-order valence-electron chi connectivity index (χ0n) is 24.5. The van der Waals surface area contributed by atoms with Crippen molar-refractivity contribution in [1.82, 2.24) is 14.6 Å². The van der Waals surface area contributed by atoms with E-state index in [0.717, 1.165) is 12.3 Å². The molecule has 0 radical (unpaired) electrons. The van der Waals surface area contributed by atoms with Gasteiger partial charge in [0, 0.05) is 23.2 Å². The predicted molar refractivity (Wildman–Crippen MR) is 156 cm³/mol. The third kappa shape index (κ3) is 7.42. The molecule has 47 heavy (non-hydrogen) atoms. The minimum atomic E-state index is -4.88. The van der Waals surface area contributed by atoms with E-state index in [4.69, 9.17) is 27.9 Å². The molecule has 1 fully saturated rings. The summed E-state index contributed by atoms with van der Waals surface area (Å²) in [6.45, 7) is -1.39. The molecule has 0 bridgehead atoms. The lowest BCUT2D eigenvalue weighted by atomic mass is 10.1. The van der Waals surface area contributed by atoms with Crippen molar-refractivity contribution in [3.8, 4) is 11.5 Å². The quantitative estimate of drug-likeness (QED) is 0.168. The summed E-state index contributed by atoms with van der Waals surface area (Å²) in [4.78, 5) is 50.6. The van der Waals surface area contributed by atoms with Gasteiger partial charge in [0.05, 0.1) is 20.8 Å². The molecule has 4 aromatic rings. The number of methoxy groups -OCH3 is 2. The van der Waals surface area contributed by atoms with Gasteiger partial charge in [0.15, 0.2) is 24.0 Å². The standard InChI is InChI=1S/C28H27F2N4O12P/c1-41-17-10-16-11-18(45-22(16)19(12-17)42-2)13-43-27(38)32-21-8-9-34(26(37)31-21)25-28(29,30)23(35)20(46-25)14-44-47(39,40)33-24(36)15-6-4-3-5-7-15/h3-12,20,23,25,35H,13-14H2,1-2H3,(H,31,32,37,38)(H2,33,36,39,40)/t20-,23-,25-/m1/s1. The summed E-state index contributed by atoms with van der Waals surface area (Å²) in [6.07, 6.45) is -7.12. The number of nitrogens with zero attached hydrogens (tertiary/aromatic N) is 2. The van der Waals surface area contributed by atoms with E-state index in [2.05, 4.69) is 10.3 Å². The van der Waals surface area contributed by atoms with Gasteiger partial charge in [-0.3, -0.25) is 24.3 Å². The lowest BCUT2D eigenvalue weighted by molar-refractivity contribution is -0.140. The van der Waals surface area contributed by atoms with Crippen molar-refractivity contribution in [3.05, 3.63) is 82.6 Å². The first kappa shape index (κ1) is 33.5. The molecule has 1 saturated heterocycles. The maximum atomic E-state index is 15.0. The fraction of sp³-hybridized carbons (Fsp3) is 0.286. The van der Waals surface area contributed by atoms with Crippen LogP contribution in [0.2, 0.25) is 0 Å². The molecule has 19 heteroatoms. The number of anilines is 1. The maximum absolute atomic E-state index is 15.0. The molecule has 1 aliphatic rings. The van der Waals surface area contributed by atoms with Gasteiger partial charge in [0.2, 0.25) is 6.23 Å². The molecular formula is C28H27F2N4O12P. The summed E-state index contributed by atoms with van der Waals surface area (Å²) in [5, 5.41) is 14.7. The van der Waals surface area contributed by atoms with E-state index in [1.54, 1.807) is 29.4 Å². The van der Waals surface area contributed by atoms with Crippen molar-refractivity contribution in [2.45, 2.75) is 31.0 Å². The molecular weight excluding hydrogens is 653 g/mol. The molecule has 2 aromatic heterocycles. The first-order valence-corrected chi connectivity index (χ1v) is 15.1. The van der Waals surface area contributed by atoms with Crippen LogP contribution in [-0.4, -0.2) is 70.5 Å². The first-order valence-electron chi connectivity index (χ1n) is 13.5. The second kappa shape index (κ2) is 13.5. The number of benzene rings is 2. The van der Waals surface area contributed by atoms with Gasteiger partial charge >= 0.3 is 25.5 Å². The Hall–Kier alpha value is -4.87. The van der Waals surface area contributed by atoms with Crippen molar-refractivity contribution in [1.29, 1.82) is 0 Å². The molecule has 2 aromatic carbocycles. The van der Waals surface area contributed by atoms with E-state index in [0.29, 0.717) is 27.0 Å². The minimum absolute atomic E-state index is 0.0285. The smallest absolute Gasteiger partial charge is 0.432 e. The Labute approximate surface area is 263 Å². The second-order valence-electron chi connectivity index (χ2n) is 9.93. The summed E-state index contributed by atoms with van der Waals surface area (Å²) in [7, 11) is -1.95. The molecule has 2 amide bonds. The number of rotatable bonds is 11. The fourth-order valence-corrected chi connectivity index (χ4v) is 5.32. The van der Waals surface area contributed by atoms with Crippen molar-refractivity contribution < 1.29 is 60.8 Å². The molecule has 1 unspecified atom stereocenters. The average Bonchev–Trinajstić information content (AvgIpc) is 3.56. The number of aromatic nitrogens is 2. The molecule has 4 atom stereocenters. The van der Waals surface area contributed by atoms with Crippen LogP contribution in [0.5, 0.6) is 11.5 Å². The van der Waals surface area contributed by atoms with Crippen LogP contribution in [0.1, 0.15) is 22.3 Å². The van der Waals surface area contributed by atoms with E-state index >= 15 is 0 Å². The highest BCUT2D eigenvalue weighted by molar-refractivity contribution is 7.51. The SMILES string of the molecule is COc1cc(OC)c2oc(COC(=O)Nc3ccn([C@@H]4O[C@H](COP(=O)(O)NC(=O)c5ccccc5)[C@@H](O)C4(F)F)c(=O)n3)cc2c1. The van der Waals surface area contributed by atoms with Gasteiger partial charge in [-0.05, 0) is 30.3 Å². The summed E-state index contributed by atoms with van der Waals surface area (Å²) < 4.78 is 73.7. The van der Waals surface area contributed by atoms with Gasteiger partial charge in [-0.15, -0.1) is 0 Å². The Kier molecular flexibility index (Phi) is 9.60. The molecule has 1 aliphatic heterocycles. The maximum Gasteiger partial charge on any atom is 0.432 e. The highest BCUT2D eigenvalue weighted by Crippen LogP contribution is 2.45. The fourth-order valence-electron chi connectivity index (χ4n) is 4.52. The number of furan rings is 1. The van der Waals surface area contributed by atoms with Crippen molar-refractivity contribution >= 4 is 36.5 Å². The van der Waals surface area contributed by atoms with E-state index in [9.17, 15) is 37.7 Å². The Bertz CT molecular complexity index is 1890. The average molecular weight is 681 g/mol. The van der Waals surface area contributed by atoms with Crippen LogP contribution >= 0.6 is 7.75 Å². The number of carbonyl (C=O) groups is 2. The van der Waals surface area contributed by atoms with E-state index < -0.39 is 56.4 Å². The molecule has 16 nitrogen and oxygen atoms in total.